The maximum absolute atomic E-state index is 12.1. The van der Waals surface area contributed by atoms with E-state index in [4.69, 9.17) is 4.74 Å². The molecule has 1 N–H and O–H groups in total. The number of ketones is 1. The van der Waals surface area contributed by atoms with E-state index in [9.17, 15) is 18.0 Å². The van der Waals surface area contributed by atoms with Gasteiger partial charge in [0, 0.05) is 22.0 Å². The molecule has 0 fully saturated rings. The summed E-state index contributed by atoms with van der Waals surface area (Å²) in [4.78, 5) is 25.2. The van der Waals surface area contributed by atoms with Crippen molar-refractivity contribution >= 4 is 55.1 Å². The number of carbonyl (C=O) groups is 2. The van der Waals surface area contributed by atoms with Crippen molar-refractivity contribution in [2.75, 3.05) is 19.4 Å². The van der Waals surface area contributed by atoms with Crippen LogP contribution in [-0.4, -0.2) is 39.6 Å². The van der Waals surface area contributed by atoms with Crippen molar-refractivity contribution in [2.24, 2.45) is 0 Å². The molecule has 0 unspecified atom stereocenters. The molecule has 0 aliphatic carbocycles. The monoisotopic (exact) mass is 471 g/mol. The lowest BCUT2D eigenvalue weighted by atomic mass is 10.2. The zero-order chi connectivity index (χ0) is 19.9. The highest BCUT2D eigenvalue weighted by Gasteiger charge is 2.12. The molecule has 1 aromatic heterocycles. The van der Waals surface area contributed by atoms with Crippen LogP contribution in [0.5, 0.6) is 0 Å². The Labute approximate surface area is 170 Å². The number of hydrogen-bond acceptors (Lipinski definition) is 6. The van der Waals surface area contributed by atoms with E-state index >= 15 is 0 Å². The van der Waals surface area contributed by atoms with Gasteiger partial charge in [0.2, 0.25) is 15.8 Å². The number of hydrogen-bond donors (Lipinski definition) is 1. The van der Waals surface area contributed by atoms with Gasteiger partial charge >= 0.3 is 5.97 Å². The first-order valence-corrected chi connectivity index (χ1v) is 11.4. The molecule has 0 aliphatic heterocycles. The number of rotatable bonds is 9. The number of benzene rings is 1. The summed E-state index contributed by atoms with van der Waals surface area (Å²) in [6.07, 6.45) is 4.46. The number of halogens is 1. The molecule has 0 aliphatic rings. The third-order valence-corrected chi connectivity index (χ3v) is 5.69. The highest BCUT2D eigenvalue weighted by Crippen LogP contribution is 2.18. The van der Waals surface area contributed by atoms with Crippen molar-refractivity contribution in [3.8, 4) is 0 Å². The van der Waals surface area contributed by atoms with Crippen LogP contribution in [-0.2, 0) is 26.0 Å². The predicted octanol–water partition coefficient (Wildman–Crippen LogP) is 3.04. The van der Waals surface area contributed by atoms with Gasteiger partial charge < -0.3 is 4.74 Å². The van der Waals surface area contributed by atoms with Crippen LogP contribution in [0.2, 0.25) is 0 Å². The summed E-state index contributed by atoms with van der Waals surface area (Å²) in [6.45, 7) is -0.0778. The lowest BCUT2D eigenvalue weighted by molar-refractivity contribution is -0.136. The van der Waals surface area contributed by atoms with Crippen LogP contribution in [0.15, 0.2) is 46.9 Å². The number of carbonyl (C=O) groups excluding carboxylic acids is 2. The largest absolute Gasteiger partial charge is 0.454 e. The second-order valence-electron chi connectivity index (χ2n) is 5.60. The van der Waals surface area contributed by atoms with Gasteiger partial charge in [0.05, 0.1) is 11.1 Å². The molecule has 9 heteroatoms. The Morgan fingerprint density at radius 3 is 2.74 bits per heavy atom. The standard InChI is InChI=1S/C18H18BrNO5S2/c1-27(23,24)20-10-9-15-6-7-17(26-15)16(21)12-25-18(22)8-5-13-3-2-4-14(19)11-13/h2-8,11,20H,9-10,12H2,1H3/b8-5+. The lowest BCUT2D eigenvalue weighted by Gasteiger charge is -2.01. The molecule has 1 heterocycles. The van der Waals surface area contributed by atoms with Crippen molar-refractivity contribution in [1.29, 1.82) is 0 Å². The molecule has 0 amide bonds. The van der Waals surface area contributed by atoms with Crippen molar-refractivity contribution < 1.29 is 22.7 Å². The second-order valence-corrected chi connectivity index (χ2v) is 9.52. The number of thiophene rings is 1. The molecule has 2 rings (SSSR count). The molecule has 0 bridgehead atoms. The number of esters is 1. The minimum absolute atomic E-state index is 0.266. The molecule has 6 nitrogen and oxygen atoms in total. The zero-order valence-corrected chi connectivity index (χ0v) is 17.7. The first kappa shape index (κ1) is 21.5. The van der Waals surface area contributed by atoms with E-state index in [2.05, 4.69) is 20.7 Å². The molecule has 0 saturated heterocycles. The molecule has 0 saturated carbocycles. The van der Waals surface area contributed by atoms with Crippen LogP contribution < -0.4 is 4.72 Å². The molecule has 0 radical (unpaired) electrons. The van der Waals surface area contributed by atoms with Gasteiger partial charge in [0.1, 0.15) is 0 Å². The first-order chi connectivity index (χ1) is 12.7. The molecular weight excluding hydrogens is 454 g/mol. The Bertz CT molecular complexity index is 950. The minimum Gasteiger partial charge on any atom is -0.454 e. The fourth-order valence-corrected chi connectivity index (χ4v) is 3.87. The number of ether oxygens (including phenoxy) is 1. The summed E-state index contributed by atoms with van der Waals surface area (Å²) in [5, 5.41) is 0. The Kier molecular flexibility index (Phi) is 7.91. The molecule has 144 valence electrons. The molecule has 0 spiro atoms. The Morgan fingerprint density at radius 2 is 2.04 bits per heavy atom. The van der Waals surface area contributed by atoms with Gasteiger partial charge in [0.25, 0.3) is 0 Å². The van der Waals surface area contributed by atoms with Gasteiger partial charge in [-0.3, -0.25) is 4.79 Å². The van der Waals surface area contributed by atoms with Gasteiger partial charge in [0.15, 0.2) is 6.61 Å². The molecule has 2 aromatic rings. The highest BCUT2D eigenvalue weighted by atomic mass is 79.9. The van der Waals surface area contributed by atoms with E-state index in [0.717, 1.165) is 21.2 Å². The lowest BCUT2D eigenvalue weighted by Crippen LogP contribution is -2.24. The Balaban J connectivity index is 1.80. The molecule has 0 atom stereocenters. The predicted molar refractivity (Wildman–Crippen MR) is 109 cm³/mol. The topological polar surface area (TPSA) is 89.5 Å². The average Bonchev–Trinajstić information content (AvgIpc) is 3.06. The normalized spacial score (nSPS) is 11.6. The first-order valence-electron chi connectivity index (χ1n) is 7.90. The van der Waals surface area contributed by atoms with Crippen LogP contribution in [0.4, 0.5) is 0 Å². The second kappa shape index (κ2) is 9.93. The average molecular weight is 472 g/mol. The maximum atomic E-state index is 12.1. The van der Waals surface area contributed by atoms with Crippen LogP contribution >= 0.6 is 27.3 Å². The van der Waals surface area contributed by atoms with Crippen molar-refractivity contribution in [1.82, 2.24) is 4.72 Å². The molecule has 1 aromatic carbocycles. The summed E-state index contributed by atoms with van der Waals surface area (Å²) >= 11 is 4.60. The van der Waals surface area contributed by atoms with Crippen molar-refractivity contribution in [3.05, 3.63) is 62.3 Å². The SMILES string of the molecule is CS(=O)(=O)NCCc1ccc(C(=O)COC(=O)/C=C/c2cccc(Br)c2)s1. The zero-order valence-electron chi connectivity index (χ0n) is 14.5. The number of sulfonamides is 1. The third-order valence-electron chi connectivity index (χ3n) is 3.28. The van der Waals surface area contributed by atoms with Gasteiger partial charge in [-0.05, 0) is 42.3 Å². The summed E-state index contributed by atoms with van der Waals surface area (Å²) in [5.74, 6) is -0.899. The summed E-state index contributed by atoms with van der Waals surface area (Å²) < 4.78 is 30.3. The van der Waals surface area contributed by atoms with E-state index in [0.29, 0.717) is 11.3 Å². The quantitative estimate of drug-likeness (QED) is 0.344. The number of nitrogens with one attached hydrogen (secondary N) is 1. The van der Waals surface area contributed by atoms with Crippen LogP contribution in [0.25, 0.3) is 6.08 Å². The Morgan fingerprint density at radius 1 is 1.26 bits per heavy atom. The summed E-state index contributed by atoms with van der Waals surface area (Å²) in [5.41, 5.74) is 0.832. The molecule has 27 heavy (non-hydrogen) atoms. The van der Waals surface area contributed by atoms with E-state index in [-0.39, 0.29) is 18.9 Å². The smallest absolute Gasteiger partial charge is 0.331 e. The fraction of sp³-hybridized carbons (Fsp3) is 0.222. The summed E-state index contributed by atoms with van der Waals surface area (Å²) in [6, 6.07) is 10.8. The maximum Gasteiger partial charge on any atom is 0.331 e. The van der Waals surface area contributed by atoms with E-state index < -0.39 is 16.0 Å². The van der Waals surface area contributed by atoms with Gasteiger partial charge in [-0.2, -0.15) is 0 Å². The minimum atomic E-state index is -3.23. The summed E-state index contributed by atoms with van der Waals surface area (Å²) in [7, 11) is -3.23. The fourth-order valence-electron chi connectivity index (χ4n) is 2.05. The molecular formula is C18H18BrNO5S2. The van der Waals surface area contributed by atoms with Crippen LogP contribution in [0, 0.1) is 0 Å². The van der Waals surface area contributed by atoms with Crippen molar-refractivity contribution in [3.63, 3.8) is 0 Å². The van der Waals surface area contributed by atoms with E-state index in [1.807, 2.05) is 24.3 Å². The Hall–Kier alpha value is -1.81. The van der Waals surface area contributed by atoms with Crippen LogP contribution in [0.1, 0.15) is 20.1 Å². The third kappa shape index (κ3) is 8.17. The van der Waals surface area contributed by atoms with Gasteiger partial charge in [-0.1, -0.05) is 28.1 Å². The van der Waals surface area contributed by atoms with Crippen molar-refractivity contribution in [2.45, 2.75) is 6.42 Å². The highest BCUT2D eigenvalue weighted by molar-refractivity contribution is 9.10. The van der Waals surface area contributed by atoms with E-state index in [1.54, 1.807) is 18.2 Å². The van der Waals surface area contributed by atoms with Gasteiger partial charge in [-0.15, -0.1) is 11.3 Å². The van der Waals surface area contributed by atoms with Crippen LogP contribution in [0.3, 0.4) is 0 Å². The van der Waals surface area contributed by atoms with E-state index in [1.165, 1.54) is 17.4 Å². The van der Waals surface area contributed by atoms with Gasteiger partial charge in [-0.25, -0.2) is 17.9 Å². The number of Topliss-reactive ketones (excluding diaryl/α,β-unsaturated/α-hetero) is 1.